The fourth-order valence-corrected chi connectivity index (χ4v) is 5.25. The molecule has 2 atom stereocenters. The highest BCUT2D eigenvalue weighted by Crippen LogP contribution is 2.45. The lowest BCUT2D eigenvalue weighted by Crippen LogP contribution is -2.74. The van der Waals surface area contributed by atoms with Gasteiger partial charge in [-0.2, -0.15) is 0 Å². The minimum absolute atomic E-state index is 0.260. The fourth-order valence-electron chi connectivity index (χ4n) is 4.39. The third-order valence-corrected chi connectivity index (χ3v) is 6.48. The third kappa shape index (κ3) is 2.88. The van der Waals surface area contributed by atoms with E-state index in [1.165, 1.54) is 12.1 Å². The predicted octanol–water partition coefficient (Wildman–Crippen LogP) is 3.74. The molecule has 2 heterocycles. The molecule has 0 spiro atoms. The Labute approximate surface area is 163 Å². The molecule has 1 aliphatic heterocycles. The Morgan fingerprint density at radius 3 is 2.63 bits per heavy atom. The van der Waals surface area contributed by atoms with Crippen molar-refractivity contribution in [3.63, 3.8) is 0 Å². The zero-order valence-electron chi connectivity index (χ0n) is 15.7. The minimum atomic E-state index is -0.874. The minimum Gasteiger partial charge on any atom is -0.308 e. The number of nitrogens with one attached hydrogen (secondary N) is 2. The maximum atomic E-state index is 13.6. The molecule has 27 heavy (non-hydrogen) atoms. The summed E-state index contributed by atoms with van der Waals surface area (Å²) >= 11 is 1.70. The summed E-state index contributed by atoms with van der Waals surface area (Å²) < 4.78 is 14.7. The first kappa shape index (κ1) is 18.5. The lowest BCUT2D eigenvalue weighted by molar-refractivity contribution is 0.0843. The number of fused-ring (bicyclic) bond motifs is 1. The molecule has 3 aromatic rings. The van der Waals surface area contributed by atoms with Crippen LogP contribution < -0.4 is 16.4 Å². The topological polar surface area (TPSA) is 63.0 Å². The Morgan fingerprint density at radius 2 is 1.89 bits per heavy atom. The highest BCUT2D eigenvalue weighted by molar-refractivity contribution is 7.18. The van der Waals surface area contributed by atoms with E-state index in [4.69, 9.17) is 10.7 Å². The van der Waals surface area contributed by atoms with Gasteiger partial charge in [0.15, 0.2) is 0 Å². The maximum Gasteiger partial charge on any atom is 0.123 e. The van der Waals surface area contributed by atoms with Crippen molar-refractivity contribution in [3.8, 4) is 0 Å². The molecule has 0 bridgehead atoms. The molecule has 142 valence electrons. The molecule has 4 nitrogen and oxygen atoms in total. The average molecular weight is 385 g/mol. The zero-order chi connectivity index (χ0) is 19.1. The number of nitrogens with two attached hydrogens (primary N) is 1. The van der Waals surface area contributed by atoms with Crippen LogP contribution >= 0.6 is 11.3 Å². The van der Waals surface area contributed by atoms with Crippen LogP contribution in [-0.4, -0.2) is 18.1 Å². The summed E-state index contributed by atoms with van der Waals surface area (Å²) in [5.74, 6) is -0.260. The number of aromatic nitrogens is 1. The Morgan fingerprint density at radius 1 is 1.15 bits per heavy atom. The van der Waals surface area contributed by atoms with Gasteiger partial charge in [0.25, 0.3) is 0 Å². The number of hydrogen-bond acceptors (Lipinski definition) is 5. The number of thiazole rings is 1. The first-order chi connectivity index (χ1) is 13.0. The van der Waals surface area contributed by atoms with Gasteiger partial charge >= 0.3 is 0 Å². The Hall–Kier alpha value is -1.86. The van der Waals surface area contributed by atoms with Crippen LogP contribution in [0.25, 0.3) is 10.2 Å². The fraction of sp³-hybridized carbons (Fsp3) is 0.381. The van der Waals surface area contributed by atoms with Gasteiger partial charge < -0.3 is 11.1 Å². The van der Waals surface area contributed by atoms with Gasteiger partial charge in [0.1, 0.15) is 11.5 Å². The van der Waals surface area contributed by atoms with E-state index in [2.05, 4.69) is 35.8 Å². The molecule has 0 amide bonds. The van der Waals surface area contributed by atoms with Gasteiger partial charge in [-0.1, -0.05) is 37.6 Å². The van der Waals surface area contributed by atoms with E-state index in [0.29, 0.717) is 0 Å². The second kappa shape index (κ2) is 6.95. The Balaban J connectivity index is 1.98. The van der Waals surface area contributed by atoms with E-state index < -0.39 is 11.2 Å². The van der Waals surface area contributed by atoms with Crippen LogP contribution in [-0.2, 0) is 11.2 Å². The van der Waals surface area contributed by atoms with Gasteiger partial charge in [-0.3, -0.25) is 5.32 Å². The van der Waals surface area contributed by atoms with Crippen LogP contribution in [0.4, 0.5) is 4.39 Å². The number of rotatable bonds is 4. The maximum absolute atomic E-state index is 13.6. The zero-order valence-corrected chi connectivity index (χ0v) is 16.5. The lowest BCUT2D eigenvalue weighted by Gasteiger charge is -2.53. The number of halogens is 1. The molecule has 0 aliphatic carbocycles. The molecule has 1 aliphatic rings. The van der Waals surface area contributed by atoms with E-state index in [9.17, 15) is 4.39 Å². The molecule has 1 fully saturated rings. The van der Waals surface area contributed by atoms with Crippen molar-refractivity contribution < 1.29 is 4.39 Å². The van der Waals surface area contributed by atoms with E-state index in [1.807, 2.05) is 6.92 Å². The molecule has 0 saturated carbocycles. The second-order valence-corrected chi connectivity index (χ2v) is 8.44. The SMILES string of the molecule is CCCC1(c2cccc3sc(C)nc23)NCCNC1(N)c1ccc(F)cc1. The van der Waals surface area contributed by atoms with Crippen molar-refractivity contribution in [3.05, 3.63) is 64.4 Å². The average Bonchev–Trinajstić information content (AvgIpc) is 3.04. The summed E-state index contributed by atoms with van der Waals surface area (Å²) in [5.41, 5.74) is 8.66. The van der Waals surface area contributed by atoms with Crippen molar-refractivity contribution in [1.29, 1.82) is 0 Å². The molecule has 6 heteroatoms. The number of benzene rings is 2. The molecular formula is C21H25FN4S. The number of piperazine rings is 1. The van der Waals surface area contributed by atoms with Gasteiger partial charge in [0.2, 0.25) is 0 Å². The number of para-hydroxylation sites is 1. The molecular weight excluding hydrogens is 359 g/mol. The van der Waals surface area contributed by atoms with Crippen molar-refractivity contribution in [1.82, 2.24) is 15.6 Å². The van der Waals surface area contributed by atoms with E-state index >= 15 is 0 Å². The number of aryl methyl sites for hydroxylation is 1. The molecule has 2 unspecified atom stereocenters. The first-order valence-electron chi connectivity index (χ1n) is 9.42. The van der Waals surface area contributed by atoms with Crippen LogP contribution in [0.2, 0.25) is 0 Å². The molecule has 4 N–H and O–H groups in total. The quantitative estimate of drug-likeness (QED) is 0.641. The van der Waals surface area contributed by atoms with Crippen molar-refractivity contribution in [2.24, 2.45) is 5.73 Å². The second-order valence-electron chi connectivity index (χ2n) is 7.21. The summed E-state index contributed by atoms with van der Waals surface area (Å²) in [6, 6.07) is 12.8. The molecule has 4 rings (SSSR count). The van der Waals surface area contributed by atoms with Gasteiger partial charge in [-0.25, -0.2) is 9.37 Å². The monoisotopic (exact) mass is 384 g/mol. The highest BCUT2D eigenvalue weighted by Gasteiger charge is 2.53. The third-order valence-electron chi connectivity index (χ3n) is 5.54. The van der Waals surface area contributed by atoms with Crippen LogP contribution in [0, 0.1) is 12.7 Å². The number of nitrogens with zero attached hydrogens (tertiary/aromatic N) is 1. The van der Waals surface area contributed by atoms with Crippen molar-refractivity contribution >= 4 is 21.6 Å². The summed E-state index contributed by atoms with van der Waals surface area (Å²) in [6.07, 6.45) is 1.79. The molecule has 2 aromatic carbocycles. The molecule has 1 saturated heterocycles. The molecule has 0 radical (unpaired) electrons. The van der Waals surface area contributed by atoms with Gasteiger partial charge in [-0.05, 0) is 37.1 Å². The lowest BCUT2D eigenvalue weighted by atomic mass is 9.70. The highest BCUT2D eigenvalue weighted by atomic mass is 32.1. The standard InChI is InChI=1S/C21H25FN4S/c1-3-11-20(17-5-4-6-18-19(17)26-14(2)27-18)21(23,25-13-12-24-20)15-7-9-16(22)10-8-15/h4-10,24-25H,3,11-13,23H2,1-2H3. The Kier molecular flexibility index (Phi) is 4.76. The van der Waals surface area contributed by atoms with Gasteiger partial charge in [0, 0.05) is 18.7 Å². The van der Waals surface area contributed by atoms with Crippen LogP contribution in [0.1, 0.15) is 35.9 Å². The van der Waals surface area contributed by atoms with Crippen LogP contribution in [0.5, 0.6) is 0 Å². The summed E-state index contributed by atoms with van der Waals surface area (Å²) in [4.78, 5) is 4.82. The summed E-state index contributed by atoms with van der Waals surface area (Å²) in [6.45, 7) is 5.74. The predicted molar refractivity (Wildman–Crippen MR) is 109 cm³/mol. The summed E-state index contributed by atoms with van der Waals surface area (Å²) in [7, 11) is 0. The van der Waals surface area contributed by atoms with Crippen LogP contribution in [0.3, 0.4) is 0 Å². The largest absolute Gasteiger partial charge is 0.308 e. The van der Waals surface area contributed by atoms with E-state index in [-0.39, 0.29) is 5.82 Å². The molecule has 1 aromatic heterocycles. The van der Waals surface area contributed by atoms with Gasteiger partial charge in [0.05, 0.1) is 20.8 Å². The normalized spacial score (nSPS) is 25.8. The summed E-state index contributed by atoms with van der Waals surface area (Å²) in [5, 5.41) is 8.32. The smallest absolute Gasteiger partial charge is 0.123 e. The van der Waals surface area contributed by atoms with Crippen LogP contribution in [0.15, 0.2) is 42.5 Å². The van der Waals surface area contributed by atoms with Gasteiger partial charge in [-0.15, -0.1) is 11.3 Å². The van der Waals surface area contributed by atoms with Crippen molar-refractivity contribution in [2.75, 3.05) is 13.1 Å². The Bertz CT molecular complexity index is 950. The first-order valence-corrected chi connectivity index (χ1v) is 10.2. The van der Waals surface area contributed by atoms with E-state index in [1.54, 1.807) is 23.5 Å². The van der Waals surface area contributed by atoms with Crippen molar-refractivity contribution in [2.45, 2.75) is 37.9 Å². The number of hydrogen-bond donors (Lipinski definition) is 3. The van der Waals surface area contributed by atoms with E-state index in [0.717, 1.165) is 52.3 Å².